The third-order valence-corrected chi connectivity index (χ3v) is 4.55. The fraction of sp³-hybridized carbons (Fsp3) is 0.600. The van der Waals surface area contributed by atoms with Crippen molar-refractivity contribution in [2.45, 2.75) is 49.9 Å². The smallest absolute Gasteiger partial charge is 0.241 e. The second kappa shape index (κ2) is 6.81. The van der Waals surface area contributed by atoms with Crippen molar-refractivity contribution < 1.29 is 9.90 Å². The quantitative estimate of drug-likeness (QED) is 0.707. The maximum absolute atomic E-state index is 12.3. The zero-order valence-corrected chi connectivity index (χ0v) is 13.2. The summed E-state index contributed by atoms with van der Waals surface area (Å²) in [5, 5.41) is 13.1. The molecule has 0 aliphatic heterocycles. The summed E-state index contributed by atoms with van der Waals surface area (Å²) in [6, 6.07) is -0.202. The Labute approximate surface area is 136 Å². The summed E-state index contributed by atoms with van der Waals surface area (Å²) in [4.78, 5) is 16.3. The van der Waals surface area contributed by atoms with Crippen molar-refractivity contribution in [2.24, 2.45) is 11.7 Å². The van der Waals surface area contributed by atoms with Gasteiger partial charge in [0.05, 0.1) is 18.5 Å². The van der Waals surface area contributed by atoms with Crippen LogP contribution in [0.4, 0.5) is 0 Å². The predicted octanol–water partition coefficient (Wildman–Crippen LogP) is 0.608. The van der Waals surface area contributed by atoms with Crippen LogP contribution in [0.15, 0.2) is 30.9 Å². The highest BCUT2D eigenvalue weighted by molar-refractivity contribution is 5.87. The number of nitrogens with two attached hydrogens (primary N) is 1. The molecule has 3 rings (SSSR count). The first-order valence-electron chi connectivity index (χ1n) is 7.45. The van der Waals surface area contributed by atoms with Crippen LogP contribution in [0.5, 0.6) is 0 Å². The molecule has 0 spiro atoms. The largest absolute Gasteiger partial charge is 0.391 e. The van der Waals surface area contributed by atoms with Crippen molar-refractivity contribution in [3.05, 3.63) is 30.9 Å². The number of rotatable bonds is 4. The Balaban J connectivity index is 0.00000176. The fourth-order valence-electron chi connectivity index (χ4n) is 3.28. The molecule has 7 heteroatoms. The molecule has 1 aromatic rings. The number of imidazole rings is 1. The Morgan fingerprint density at radius 3 is 2.77 bits per heavy atom. The van der Waals surface area contributed by atoms with E-state index in [0.29, 0.717) is 25.2 Å². The first kappa shape index (κ1) is 17.0. The van der Waals surface area contributed by atoms with E-state index in [1.165, 1.54) is 0 Å². The number of hydrogen-bond donors (Lipinski definition) is 3. The molecule has 3 atom stereocenters. The summed E-state index contributed by atoms with van der Waals surface area (Å²) < 4.78 is 2.01. The first-order chi connectivity index (χ1) is 10.1. The molecule has 2 aliphatic carbocycles. The van der Waals surface area contributed by atoms with E-state index < -0.39 is 11.6 Å². The van der Waals surface area contributed by atoms with Crippen LogP contribution in [-0.2, 0) is 11.3 Å². The van der Waals surface area contributed by atoms with Crippen LogP contribution in [0.2, 0.25) is 0 Å². The molecule has 22 heavy (non-hydrogen) atoms. The van der Waals surface area contributed by atoms with E-state index in [2.05, 4.69) is 10.3 Å². The van der Waals surface area contributed by atoms with Gasteiger partial charge in [-0.3, -0.25) is 4.79 Å². The van der Waals surface area contributed by atoms with Gasteiger partial charge in [0.1, 0.15) is 5.54 Å². The van der Waals surface area contributed by atoms with Gasteiger partial charge in [0.25, 0.3) is 0 Å². The Hall–Kier alpha value is -1.37. The van der Waals surface area contributed by atoms with E-state index in [9.17, 15) is 9.90 Å². The lowest BCUT2D eigenvalue weighted by Crippen LogP contribution is -2.55. The Morgan fingerprint density at radius 1 is 1.41 bits per heavy atom. The van der Waals surface area contributed by atoms with E-state index >= 15 is 0 Å². The third-order valence-electron chi connectivity index (χ3n) is 4.55. The summed E-state index contributed by atoms with van der Waals surface area (Å²) >= 11 is 0. The predicted molar refractivity (Wildman–Crippen MR) is 85.4 cm³/mol. The van der Waals surface area contributed by atoms with Gasteiger partial charge < -0.3 is 20.7 Å². The normalized spacial score (nSPS) is 29.3. The Morgan fingerprint density at radius 2 is 2.14 bits per heavy atom. The zero-order valence-electron chi connectivity index (χ0n) is 12.4. The average Bonchev–Trinajstić information content (AvgIpc) is 3.15. The minimum Gasteiger partial charge on any atom is -0.391 e. The van der Waals surface area contributed by atoms with Crippen molar-refractivity contribution in [2.75, 3.05) is 0 Å². The standard InChI is InChI=1S/C15H22N4O2.ClH/c16-15(3-1-2-4-15)14(21)18-12-7-11(8-13(12)20)9-19-6-5-17-10-19;/h1-2,5-6,10-13,20H,3-4,7-9,16H2,(H,18,21);1H/t11?,12-,13-;/m1./s1. The van der Waals surface area contributed by atoms with E-state index in [1.54, 1.807) is 12.5 Å². The number of nitrogens with zero attached hydrogens (tertiary/aromatic N) is 2. The average molecular weight is 327 g/mol. The van der Waals surface area contributed by atoms with Crippen LogP contribution in [0.3, 0.4) is 0 Å². The van der Waals surface area contributed by atoms with E-state index in [1.807, 2.05) is 22.9 Å². The minimum absolute atomic E-state index is 0. The van der Waals surface area contributed by atoms with Crippen LogP contribution in [0.25, 0.3) is 0 Å². The highest BCUT2D eigenvalue weighted by atomic mass is 35.5. The van der Waals surface area contributed by atoms with Gasteiger partial charge in [-0.1, -0.05) is 12.2 Å². The molecule has 1 unspecified atom stereocenters. The molecule has 122 valence electrons. The topological polar surface area (TPSA) is 93.2 Å². The molecule has 1 amide bonds. The zero-order chi connectivity index (χ0) is 14.9. The number of carbonyl (C=O) groups excluding carboxylic acids is 1. The molecule has 2 aliphatic rings. The van der Waals surface area contributed by atoms with Gasteiger partial charge in [-0.15, -0.1) is 12.4 Å². The molecular weight excluding hydrogens is 304 g/mol. The van der Waals surface area contributed by atoms with Crippen LogP contribution in [0.1, 0.15) is 25.7 Å². The molecule has 0 bridgehead atoms. The first-order valence-corrected chi connectivity index (χ1v) is 7.45. The van der Waals surface area contributed by atoms with E-state index in [-0.39, 0.29) is 24.4 Å². The molecule has 0 saturated heterocycles. The van der Waals surface area contributed by atoms with Gasteiger partial charge in [-0.25, -0.2) is 4.98 Å². The maximum Gasteiger partial charge on any atom is 0.241 e. The number of aliphatic hydroxyl groups is 1. The monoisotopic (exact) mass is 326 g/mol. The van der Waals surface area contributed by atoms with Gasteiger partial charge in [0.15, 0.2) is 0 Å². The molecule has 1 aromatic heterocycles. The second-order valence-corrected chi connectivity index (χ2v) is 6.28. The van der Waals surface area contributed by atoms with Gasteiger partial charge in [-0.05, 0) is 31.6 Å². The lowest BCUT2D eigenvalue weighted by atomic mass is 9.96. The number of aromatic nitrogens is 2. The highest BCUT2D eigenvalue weighted by Gasteiger charge is 2.39. The van der Waals surface area contributed by atoms with Crippen LogP contribution in [-0.4, -0.2) is 38.2 Å². The lowest BCUT2D eigenvalue weighted by molar-refractivity contribution is -0.127. The molecule has 0 radical (unpaired) electrons. The number of nitrogens with one attached hydrogen (secondary N) is 1. The molecule has 1 saturated carbocycles. The van der Waals surface area contributed by atoms with Crippen molar-refractivity contribution in [1.29, 1.82) is 0 Å². The number of amides is 1. The number of carbonyl (C=O) groups is 1. The van der Waals surface area contributed by atoms with Crippen LogP contribution >= 0.6 is 12.4 Å². The third kappa shape index (κ3) is 3.51. The van der Waals surface area contributed by atoms with Crippen molar-refractivity contribution >= 4 is 18.3 Å². The Bertz CT molecular complexity index is 524. The maximum atomic E-state index is 12.3. The van der Waals surface area contributed by atoms with Gasteiger partial charge in [0, 0.05) is 18.9 Å². The minimum atomic E-state index is -0.831. The highest BCUT2D eigenvalue weighted by Crippen LogP contribution is 2.29. The summed E-state index contributed by atoms with van der Waals surface area (Å²) in [5.41, 5.74) is 5.27. The molecule has 1 heterocycles. The van der Waals surface area contributed by atoms with Crippen molar-refractivity contribution in [3.8, 4) is 0 Å². The summed E-state index contributed by atoms with van der Waals surface area (Å²) in [5.74, 6) is 0.190. The van der Waals surface area contributed by atoms with Gasteiger partial charge >= 0.3 is 0 Å². The number of halogens is 1. The molecule has 6 nitrogen and oxygen atoms in total. The van der Waals surface area contributed by atoms with Gasteiger partial charge in [-0.2, -0.15) is 0 Å². The van der Waals surface area contributed by atoms with Crippen LogP contribution in [0, 0.1) is 5.92 Å². The Kier molecular flexibility index (Phi) is 5.26. The summed E-state index contributed by atoms with van der Waals surface area (Å²) in [7, 11) is 0. The van der Waals surface area contributed by atoms with Gasteiger partial charge in [0.2, 0.25) is 5.91 Å². The second-order valence-electron chi connectivity index (χ2n) is 6.28. The summed E-state index contributed by atoms with van der Waals surface area (Å²) in [6.45, 7) is 0.818. The molecule has 4 N–H and O–H groups in total. The van der Waals surface area contributed by atoms with E-state index in [4.69, 9.17) is 5.73 Å². The number of hydrogen-bond acceptors (Lipinski definition) is 4. The lowest BCUT2D eigenvalue weighted by Gasteiger charge is -2.26. The number of aliphatic hydroxyl groups excluding tert-OH is 1. The van der Waals surface area contributed by atoms with Crippen molar-refractivity contribution in [1.82, 2.24) is 14.9 Å². The molecule has 1 fully saturated rings. The van der Waals surface area contributed by atoms with Crippen LogP contribution < -0.4 is 11.1 Å². The molecular formula is C15H23ClN4O2. The van der Waals surface area contributed by atoms with E-state index in [0.717, 1.165) is 13.0 Å². The summed E-state index contributed by atoms with van der Waals surface area (Å²) in [6.07, 6.45) is 11.4. The SMILES string of the molecule is Cl.NC1(C(=O)N[C@@H]2CC(Cn3ccnc3)C[C@H]2O)CC=CC1. The molecule has 0 aromatic carbocycles. The fourth-order valence-corrected chi connectivity index (χ4v) is 3.28. The van der Waals surface area contributed by atoms with Crippen molar-refractivity contribution in [3.63, 3.8) is 0 Å².